The Bertz CT molecular complexity index is 858. The minimum Gasteiger partial charge on any atom is -0.493 e. The third-order valence-electron chi connectivity index (χ3n) is 7.75. The second-order valence-corrected chi connectivity index (χ2v) is 8.32. The molecule has 5 rings (SSSR count). The number of likely N-dealkylation sites (N-methyl/N-ethyl adjacent to an activating group) is 1. The van der Waals surface area contributed by atoms with Crippen molar-refractivity contribution in [1.82, 2.24) is 4.90 Å². The fraction of sp³-hybridized carbons (Fsp3) is 0.667. The molecule has 2 aliphatic carbocycles. The number of benzene rings is 1. The zero-order chi connectivity index (χ0) is 19.9. The standard InChI is InChI=1S/C21H27NO6/c1-22-9-8-19-10-13(23)18(26-4)21(27-5)20(19,22)11-15(28-21)12-6-7-14(24-2)17(25-3)16(12)19/h6-7,15,18H,8-11H2,1-5H3. The van der Waals surface area contributed by atoms with E-state index in [0.29, 0.717) is 17.9 Å². The first kappa shape index (κ1) is 18.4. The average molecular weight is 389 g/mol. The Balaban J connectivity index is 1.89. The lowest BCUT2D eigenvalue weighted by Crippen LogP contribution is -2.76. The van der Waals surface area contributed by atoms with Gasteiger partial charge in [-0.3, -0.25) is 9.69 Å². The number of rotatable bonds is 4. The van der Waals surface area contributed by atoms with Gasteiger partial charge in [-0.2, -0.15) is 0 Å². The highest BCUT2D eigenvalue weighted by atomic mass is 16.7. The van der Waals surface area contributed by atoms with Gasteiger partial charge in [0.15, 0.2) is 23.4 Å². The molecule has 2 saturated heterocycles. The minimum atomic E-state index is -1.16. The van der Waals surface area contributed by atoms with E-state index in [2.05, 4.69) is 18.0 Å². The van der Waals surface area contributed by atoms with Crippen LogP contribution < -0.4 is 9.47 Å². The van der Waals surface area contributed by atoms with E-state index >= 15 is 0 Å². The summed E-state index contributed by atoms with van der Waals surface area (Å²) in [7, 11) is 8.58. The molecule has 5 unspecified atom stereocenters. The van der Waals surface area contributed by atoms with Gasteiger partial charge in [0.2, 0.25) is 5.79 Å². The van der Waals surface area contributed by atoms with Gasteiger partial charge in [-0.15, -0.1) is 0 Å². The molecule has 0 aromatic heterocycles. The van der Waals surface area contributed by atoms with Gasteiger partial charge in [-0.05, 0) is 31.6 Å². The van der Waals surface area contributed by atoms with Crippen LogP contribution in [0.15, 0.2) is 12.1 Å². The number of hydrogen-bond donors (Lipinski definition) is 0. The van der Waals surface area contributed by atoms with Crippen molar-refractivity contribution >= 4 is 5.78 Å². The van der Waals surface area contributed by atoms with E-state index in [4.69, 9.17) is 23.7 Å². The molecule has 5 atom stereocenters. The predicted molar refractivity (Wildman–Crippen MR) is 99.8 cm³/mol. The van der Waals surface area contributed by atoms with Crippen molar-refractivity contribution in [1.29, 1.82) is 0 Å². The van der Waals surface area contributed by atoms with Gasteiger partial charge in [-0.1, -0.05) is 6.07 Å². The SMILES string of the molecule is COc1ccc2c(c1OC)C13CCN(C)C14CC2OC4(OC)C(OC)C(=O)C3. The first-order valence-electron chi connectivity index (χ1n) is 9.71. The van der Waals surface area contributed by atoms with Crippen LogP contribution in [0.5, 0.6) is 11.5 Å². The van der Waals surface area contributed by atoms with Crippen LogP contribution in [0.4, 0.5) is 0 Å². The number of ketones is 1. The molecule has 1 saturated carbocycles. The molecule has 152 valence electrons. The van der Waals surface area contributed by atoms with Crippen molar-refractivity contribution < 1.29 is 28.5 Å². The molecule has 1 aromatic rings. The molecule has 0 radical (unpaired) electrons. The van der Waals surface area contributed by atoms with Crippen LogP contribution in [0.3, 0.4) is 0 Å². The zero-order valence-corrected chi connectivity index (χ0v) is 17.0. The molecule has 3 fully saturated rings. The molecule has 7 nitrogen and oxygen atoms in total. The number of likely N-dealkylation sites (tertiary alicyclic amines) is 1. The molecule has 7 heteroatoms. The van der Waals surface area contributed by atoms with Gasteiger partial charge in [-0.25, -0.2) is 0 Å². The second kappa shape index (κ2) is 5.69. The van der Waals surface area contributed by atoms with Gasteiger partial charge < -0.3 is 23.7 Å². The molecule has 2 bridgehead atoms. The maximum atomic E-state index is 13.3. The Kier molecular flexibility index (Phi) is 3.73. The first-order chi connectivity index (χ1) is 13.5. The predicted octanol–water partition coefficient (Wildman–Crippen LogP) is 1.82. The van der Waals surface area contributed by atoms with Crippen molar-refractivity contribution in [3.63, 3.8) is 0 Å². The number of carbonyl (C=O) groups excluding carboxylic acids is 1. The number of fused-ring (bicyclic) bond motifs is 3. The monoisotopic (exact) mass is 389 g/mol. The summed E-state index contributed by atoms with van der Waals surface area (Å²) in [6.45, 7) is 0.838. The first-order valence-corrected chi connectivity index (χ1v) is 9.71. The van der Waals surface area contributed by atoms with E-state index in [0.717, 1.165) is 30.5 Å². The summed E-state index contributed by atoms with van der Waals surface area (Å²) in [6, 6.07) is 3.97. The summed E-state index contributed by atoms with van der Waals surface area (Å²) in [5, 5.41) is 0. The maximum Gasteiger partial charge on any atom is 0.222 e. The Morgan fingerprint density at radius 1 is 1.18 bits per heavy atom. The number of nitrogens with zero attached hydrogens (tertiary/aromatic N) is 1. The van der Waals surface area contributed by atoms with E-state index in [1.54, 1.807) is 28.4 Å². The lowest BCUT2D eigenvalue weighted by molar-refractivity contribution is -0.309. The van der Waals surface area contributed by atoms with Crippen LogP contribution >= 0.6 is 0 Å². The molecule has 4 aliphatic rings. The maximum absolute atomic E-state index is 13.3. The van der Waals surface area contributed by atoms with Crippen LogP contribution in [0, 0.1) is 0 Å². The normalized spacial score (nSPS) is 41.0. The largest absolute Gasteiger partial charge is 0.493 e. The third kappa shape index (κ3) is 1.66. The molecular weight excluding hydrogens is 362 g/mol. The molecule has 1 spiro atoms. The van der Waals surface area contributed by atoms with Crippen LogP contribution in [-0.4, -0.2) is 70.1 Å². The molecule has 2 heterocycles. The number of ether oxygens (including phenoxy) is 5. The highest BCUT2D eigenvalue weighted by Crippen LogP contribution is 2.72. The Hall–Kier alpha value is -1.67. The lowest BCUT2D eigenvalue weighted by Gasteiger charge is -2.59. The lowest BCUT2D eigenvalue weighted by atomic mass is 9.50. The van der Waals surface area contributed by atoms with Crippen molar-refractivity contribution in [2.75, 3.05) is 42.0 Å². The van der Waals surface area contributed by atoms with Crippen molar-refractivity contribution in [2.45, 2.75) is 48.2 Å². The Morgan fingerprint density at radius 3 is 2.61 bits per heavy atom. The summed E-state index contributed by atoms with van der Waals surface area (Å²) in [6.07, 6.45) is 0.981. The molecule has 0 amide bonds. The quantitative estimate of drug-likeness (QED) is 0.778. The molecule has 2 aliphatic heterocycles. The zero-order valence-electron chi connectivity index (χ0n) is 17.0. The highest BCUT2D eigenvalue weighted by molar-refractivity contribution is 5.89. The van der Waals surface area contributed by atoms with E-state index < -0.39 is 22.8 Å². The second-order valence-electron chi connectivity index (χ2n) is 8.32. The summed E-state index contributed by atoms with van der Waals surface area (Å²) in [5.74, 6) is 0.215. The topological polar surface area (TPSA) is 66.5 Å². The van der Waals surface area contributed by atoms with Crippen LogP contribution in [0.25, 0.3) is 0 Å². The smallest absolute Gasteiger partial charge is 0.222 e. The van der Waals surface area contributed by atoms with Gasteiger partial charge in [0.1, 0.15) is 0 Å². The van der Waals surface area contributed by atoms with Crippen molar-refractivity contribution in [3.05, 3.63) is 23.3 Å². The molecule has 1 aromatic carbocycles. The van der Waals surface area contributed by atoms with E-state index in [1.165, 1.54) is 0 Å². The van der Waals surface area contributed by atoms with Crippen LogP contribution in [0.1, 0.15) is 36.5 Å². The fourth-order valence-corrected chi connectivity index (χ4v) is 6.86. The minimum absolute atomic E-state index is 0.00801. The van der Waals surface area contributed by atoms with E-state index in [9.17, 15) is 4.79 Å². The number of hydrogen-bond acceptors (Lipinski definition) is 7. The number of carbonyl (C=O) groups is 1. The average Bonchev–Trinajstić information content (AvgIpc) is 3.20. The van der Waals surface area contributed by atoms with E-state index in [1.807, 2.05) is 6.07 Å². The Morgan fingerprint density at radius 2 is 1.96 bits per heavy atom. The fourth-order valence-electron chi connectivity index (χ4n) is 6.86. The van der Waals surface area contributed by atoms with Crippen LogP contribution in [0.2, 0.25) is 0 Å². The van der Waals surface area contributed by atoms with E-state index in [-0.39, 0.29) is 11.9 Å². The molecule has 28 heavy (non-hydrogen) atoms. The van der Waals surface area contributed by atoms with Gasteiger partial charge >= 0.3 is 0 Å². The molecule has 0 N–H and O–H groups in total. The number of Topliss-reactive ketones (excluding diaryl/α,β-unsaturated/α-hetero) is 1. The highest BCUT2D eigenvalue weighted by Gasteiger charge is 2.82. The van der Waals surface area contributed by atoms with Gasteiger partial charge in [0.25, 0.3) is 0 Å². The van der Waals surface area contributed by atoms with Crippen molar-refractivity contribution in [3.8, 4) is 11.5 Å². The summed E-state index contributed by atoms with van der Waals surface area (Å²) in [4.78, 5) is 15.7. The van der Waals surface area contributed by atoms with Gasteiger partial charge in [0.05, 0.1) is 25.9 Å². The summed E-state index contributed by atoms with van der Waals surface area (Å²) in [5.41, 5.74) is 1.11. The molecular formula is C21H27NO6. The number of methoxy groups -OCH3 is 4. The van der Waals surface area contributed by atoms with Crippen molar-refractivity contribution in [2.24, 2.45) is 0 Å². The van der Waals surface area contributed by atoms with Gasteiger partial charge in [0, 0.05) is 38.0 Å². The van der Waals surface area contributed by atoms with Crippen LogP contribution in [-0.2, 0) is 24.4 Å². The summed E-state index contributed by atoms with van der Waals surface area (Å²) < 4.78 is 29.9. The third-order valence-corrected chi connectivity index (χ3v) is 7.75. The summed E-state index contributed by atoms with van der Waals surface area (Å²) >= 11 is 0. The Labute approximate surface area is 164 Å².